The molecule has 0 bridgehead atoms. The first-order valence-corrected chi connectivity index (χ1v) is 24.0. The number of hydrogen-bond donors (Lipinski definition) is 0. The lowest BCUT2D eigenvalue weighted by Gasteiger charge is -2.11. The third kappa shape index (κ3) is 6.56. The van der Waals surface area contributed by atoms with Gasteiger partial charge in [0.1, 0.15) is 11.2 Å². The van der Waals surface area contributed by atoms with Crippen LogP contribution in [0.3, 0.4) is 0 Å². The number of fused-ring (bicyclic) bond motifs is 9. The van der Waals surface area contributed by atoms with Crippen LogP contribution in [0.5, 0.6) is 0 Å². The molecule has 0 aliphatic rings. The van der Waals surface area contributed by atoms with E-state index in [1.807, 2.05) is 18.2 Å². The quantitative estimate of drug-likeness (QED) is 0.160. The van der Waals surface area contributed by atoms with Crippen molar-refractivity contribution in [3.05, 3.63) is 231 Å². The minimum Gasteiger partial charge on any atom is -0.456 e. The van der Waals surface area contributed by atoms with Crippen molar-refractivity contribution in [2.24, 2.45) is 0 Å². The maximum absolute atomic E-state index is 6.70. The average Bonchev–Trinajstić information content (AvgIpc) is 4.10. The Bertz CT molecular complexity index is 4210. The zero-order valence-corrected chi connectivity index (χ0v) is 37.9. The minimum atomic E-state index is 0.579. The van der Waals surface area contributed by atoms with Gasteiger partial charge in [-0.15, -0.1) is 11.3 Å². The number of aromatic nitrogens is 4. The number of thiophene rings is 1. The largest absolute Gasteiger partial charge is 0.456 e. The first kappa shape index (κ1) is 39.2. The number of benzene rings is 10. The van der Waals surface area contributed by atoms with Crippen molar-refractivity contribution in [2.45, 2.75) is 0 Å². The molecule has 0 spiro atoms. The van der Waals surface area contributed by atoms with Crippen LogP contribution in [0.1, 0.15) is 0 Å². The Kier molecular flexibility index (Phi) is 9.00. The summed E-state index contributed by atoms with van der Waals surface area (Å²) in [5, 5.41) is 6.74. The molecule has 0 amide bonds. The van der Waals surface area contributed by atoms with Crippen LogP contribution in [-0.4, -0.2) is 19.5 Å². The summed E-state index contributed by atoms with van der Waals surface area (Å²) < 4.78 is 11.5. The number of nitrogens with zero attached hydrogens (tertiary/aromatic N) is 4. The van der Waals surface area contributed by atoms with Crippen LogP contribution in [0.25, 0.3) is 137 Å². The Hall–Kier alpha value is -8.97. The summed E-state index contributed by atoms with van der Waals surface area (Å²) in [6, 6.07) is 81.6. The minimum absolute atomic E-state index is 0.579. The van der Waals surface area contributed by atoms with Crippen molar-refractivity contribution in [3.63, 3.8) is 0 Å². The molecule has 69 heavy (non-hydrogen) atoms. The van der Waals surface area contributed by atoms with Crippen molar-refractivity contribution in [3.8, 4) is 73.2 Å². The molecule has 4 heterocycles. The van der Waals surface area contributed by atoms with E-state index in [0.717, 1.165) is 71.2 Å². The van der Waals surface area contributed by atoms with E-state index >= 15 is 0 Å². The van der Waals surface area contributed by atoms with E-state index < -0.39 is 0 Å². The topological polar surface area (TPSA) is 56.7 Å². The van der Waals surface area contributed by atoms with E-state index in [-0.39, 0.29) is 0 Å². The summed E-state index contributed by atoms with van der Waals surface area (Å²) in [6.45, 7) is 0. The fourth-order valence-electron chi connectivity index (χ4n) is 10.2. The number of furan rings is 1. The second-order valence-electron chi connectivity index (χ2n) is 17.5. The third-order valence-electron chi connectivity index (χ3n) is 13.5. The number of rotatable bonds is 7. The van der Waals surface area contributed by atoms with Crippen molar-refractivity contribution in [1.29, 1.82) is 0 Å². The van der Waals surface area contributed by atoms with Gasteiger partial charge in [-0.05, 0) is 100 Å². The molecule has 5 nitrogen and oxygen atoms in total. The summed E-state index contributed by atoms with van der Waals surface area (Å²) >= 11 is 1.77. The molecule has 6 heteroatoms. The summed E-state index contributed by atoms with van der Waals surface area (Å²) in [4.78, 5) is 16.0. The third-order valence-corrected chi connectivity index (χ3v) is 14.7. The van der Waals surface area contributed by atoms with E-state index in [9.17, 15) is 0 Å². The van der Waals surface area contributed by atoms with Crippen LogP contribution in [0.15, 0.2) is 235 Å². The van der Waals surface area contributed by atoms with Gasteiger partial charge in [0.25, 0.3) is 0 Å². The Morgan fingerprint density at radius 3 is 1.57 bits per heavy atom. The summed E-state index contributed by atoms with van der Waals surface area (Å²) in [5.74, 6) is 1.81. The predicted octanol–water partition coefficient (Wildman–Crippen LogP) is 17.2. The molecule has 14 rings (SSSR count). The highest BCUT2D eigenvalue weighted by Gasteiger charge is 2.22. The smallest absolute Gasteiger partial charge is 0.165 e. The summed E-state index contributed by atoms with van der Waals surface area (Å²) in [7, 11) is 0. The number of hydrogen-bond acceptors (Lipinski definition) is 5. The van der Waals surface area contributed by atoms with Crippen molar-refractivity contribution < 1.29 is 4.42 Å². The van der Waals surface area contributed by atoms with Gasteiger partial charge >= 0.3 is 0 Å². The lowest BCUT2D eigenvalue weighted by molar-refractivity contribution is 0.669. The first-order chi connectivity index (χ1) is 34.2. The second-order valence-corrected chi connectivity index (χ2v) is 18.6. The molecule has 322 valence electrons. The Labute approximate surface area is 400 Å². The summed E-state index contributed by atoms with van der Waals surface area (Å²) in [5.41, 5.74) is 14.6. The van der Waals surface area contributed by atoms with Gasteiger partial charge in [0.2, 0.25) is 0 Å². The van der Waals surface area contributed by atoms with Crippen molar-refractivity contribution in [1.82, 2.24) is 19.5 Å². The van der Waals surface area contributed by atoms with E-state index in [4.69, 9.17) is 19.4 Å². The zero-order chi connectivity index (χ0) is 45.4. The molecule has 0 aliphatic carbocycles. The second kappa shape index (κ2) is 15.8. The van der Waals surface area contributed by atoms with Gasteiger partial charge in [0.05, 0.1) is 11.0 Å². The average molecular weight is 899 g/mol. The molecule has 0 atom stereocenters. The lowest BCUT2D eigenvalue weighted by Crippen LogP contribution is -2.00. The predicted molar refractivity (Wildman–Crippen MR) is 287 cm³/mol. The first-order valence-electron chi connectivity index (χ1n) is 23.2. The molecule has 10 aromatic carbocycles. The van der Waals surface area contributed by atoms with Gasteiger partial charge in [-0.1, -0.05) is 164 Å². The maximum atomic E-state index is 6.70. The molecular weight excluding hydrogens is 861 g/mol. The fraction of sp³-hybridized carbons (Fsp3) is 0. The molecule has 0 aliphatic heterocycles. The molecule has 0 unspecified atom stereocenters. The van der Waals surface area contributed by atoms with Crippen molar-refractivity contribution >= 4 is 75.3 Å². The Morgan fingerprint density at radius 1 is 0.333 bits per heavy atom. The van der Waals surface area contributed by atoms with E-state index in [1.165, 1.54) is 48.5 Å². The van der Waals surface area contributed by atoms with Crippen LogP contribution >= 0.6 is 11.3 Å². The fourth-order valence-corrected chi connectivity index (χ4v) is 11.4. The zero-order valence-electron chi connectivity index (χ0n) is 37.0. The molecule has 0 saturated heterocycles. The van der Waals surface area contributed by atoms with Crippen LogP contribution < -0.4 is 0 Å². The van der Waals surface area contributed by atoms with E-state index in [0.29, 0.717) is 17.5 Å². The van der Waals surface area contributed by atoms with Crippen LogP contribution in [0.4, 0.5) is 0 Å². The molecule has 14 aromatic rings. The van der Waals surface area contributed by atoms with Crippen LogP contribution in [-0.2, 0) is 0 Å². The molecule has 0 N–H and O–H groups in total. The van der Waals surface area contributed by atoms with Gasteiger partial charge < -0.3 is 8.98 Å². The molecule has 0 saturated carbocycles. The van der Waals surface area contributed by atoms with Gasteiger partial charge in [-0.2, -0.15) is 0 Å². The SMILES string of the molecule is c1ccc(-c2cccc(-c3nc(-c4cccc5c4sc4ccccc45)nc(-c4cccc5oc6ccc(-n7c8ccc(-c9ccccc9)cc8c8cc(-c9ccccc9)ccc87)cc6c45)n3)c2)cc1. The molecule has 0 fully saturated rings. The van der Waals surface area contributed by atoms with Crippen molar-refractivity contribution in [2.75, 3.05) is 0 Å². The lowest BCUT2D eigenvalue weighted by atomic mass is 10.0. The standard InChI is InChI=1S/C63H38N4OS/c1-4-15-39(16-5-1)42-21-12-22-45(35-42)61-64-62(66-63(65-61)50-26-13-24-48-47-23-10-11-28-58(47)69-60(48)50)49-25-14-27-57-59(49)53-38-46(31-34-56(53)68-57)67-54-32-29-43(40-17-6-2-7-18-40)36-51(54)52-37-44(30-33-55(52)67)41-19-8-3-9-20-41/h1-38H. The molecular formula is C63H38N4OS. The van der Waals surface area contributed by atoms with Crippen LogP contribution in [0, 0.1) is 0 Å². The van der Waals surface area contributed by atoms with E-state index in [1.54, 1.807) is 11.3 Å². The van der Waals surface area contributed by atoms with Gasteiger partial charge in [0, 0.05) is 64.1 Å². The molecule has 4 aromatic heterocycles. The van der Waals surface area contributed by atoms with Gasteiger partial charge in [-0.3, -0.25) is 0 Å². The van der Waals surface area contributed by atoms with E-state index in [2.05, 4.69) is 217 Å². The van der Waals surface area contributed by atoms with Gasteiger partial charge in [-0.25, -0.2) is 15.0 Å². The Morgan fingerprint density at radius 2 is 0.870 bits per heavy atom. The highest BCUT2D eigenvalue weighted by atomic mass is 32.1. The monoisotopic (exact) mass is 898 g/mol. The van der Waals surface area contributed by atoms with Crippen LogP contribution in [0.2, 0.25) is 0 Å². The summed E-state index contributed by atoms with van der Waals surface area (Å²) in [6.07, 6.45) is 0. The highest BCUT2D eigenvalue weighted by molar-refractivity contribution is 7.26. The molecule has 0 radical (unpaired) electrons. The highest BCUT2D eigenvalue weighted by Crippen LogP contribution is 2.43. The Balaban J connectivity index is 0.986. The maximum Gasteiger partial charge on any atom is 0.165 e. The normalized spacial score (nSPS) is 11.8. The van der Waals surface area contributed by atoms with Gasteiger partial charge in [0.15, 0.2) is 17.5 Å².